The number of aliphatic hydroxyl groups excluding tert-OH is 1. The Morgan fingerprint density at radius 2 is 2.14 bits per heavy atom. The van der Waals surface area contributed by atoms with E-state index < -0.39 is 0 Å². The average molecular weight is 237 g/mol. The molecule has 1 aromatic heterocycles. The summed E-state index contributed by atoms with van der Waals surface area (Å²) in [6.07, 6.45) is 0. The minimum absolute atomic E-state index is 0. The van der Waals surface area contributed by atoms with Gasteiger partial charge in [0.05, 0.1) is 18.0 Å². The van der Waals surface area contributed by atoms with Gasteiger partial charge in [-0.3, -0.25) is 4.98 Å². The van der Waals surface area contributed by atoms with Gasteiger partial charge in [-0.25, -0.2) is 0 Å². The topological polar surface area (TPSA) is 45.2 Å². The van der Waals surface area contributed by atoms with Crippen LogP contribution in [0.4, 0.5) is 0 Å². The monoisotopic (exact) mass is 236 g/mol. The maximum absolute atomic E-state index is 8.91. The van der Waals surface area contributed by atoms with Gasteiger partial charge in [0.2, 0.25) is 0 Å². The average Bonchev–Trinajstić information content (AvgIpc) is 2.52. The smallest absolute Gasteiger partial charge is 0.0853 e. The SMILES string of the molecule is Cc1cc(CO)nc2c1CNC2.Cl.Cl. The summed E-state index contributed by atoms with van der Waals surface area (Å²) in [5.41, 5.74) is 4.40. The number of nitrogens with zero attached hydrogens (tertiary/aromatic N) is 1. The first-order chi connectivity index (χ1) is 5.81. The van der Waals surface area contributed by atoms with Crippen molar-refractivity contribution in [1.29, 1.82) is 0 Å². The Balaban J connectivity index is 0.000000845. The van der Waals surface area contributed by atoms with Gasteiger partial charge in [0.25, 0.3) is 0 Å². The quantitative estimate of drug-likeness (QED) is 0.774. The molecule has 2 N–H and O–H groups in total. The Morgan fingerprint density at radius 3 is 2.79 bits per heavy atom. The molecule has 1 aliphatic rings. The summed E-state index contributed by atoms with van der Waals surface area (Å²) in [4.78, 5) is 4.32. The number of aromatic nitrogens is 1. The van der Waals surface area contributed by atoms with Crippen LogP contribution in [-0.2, 0) is 19.7 Å². The van der Waals surface area contributed by atoms with Crippen LogP contribution in [0.25, 0.3) is 0 Å². The minimum atomic E-state index is 0. The van der Waals surface area contributed by atoms with Crippen molar-refractivity contribution in [3.8, 4) is 0 Å². The molecule has 1 aromatic rings. The zero-order chi connectivity index (χ0) is 8.55. The van der Waals surface area contributed by atoms with E-state index in [2.05, 4.69) is 17.2 Å². The fraction of sp³-hybridized carbons (Fsp3) is 0.444. The largest absolute Gasteiger partial charge is 0.390 e. The van der Waals surface area contributed by atoms with E-state index in [0.29, 0.717) is 0 Å². The van der Waals surface area contributed by atoms with E-state index in [1.807, 2.05) is 6.07 Å². The van der Waals surface area contributed by atoms with E-state index in [-0.39, 0.29) is 31.4 Å². The van der Waals surface area contributed by atoms with Gasteiger partial charge in [0.1, 0.15) is 0 Å². The van der Waals surface area contributed by atoms with Crippen molar-refractivity contribution >= 4 is 24.8 Å². The molecule has 0 saturated heterocycles. The third-order valence-corrected chi connectivity index (χ3v) is 2.24. The molecule has 0 bridgehead atoms. The first-order valence-electron chi connectivity index (χ1n) is 4.11. The Labute approximate surface area is 95.8 Å². The second-order valence-electron chi connectivity index (χ2n) is 3.12. The highest BCUT2D eigenvalue weighted by atomic mass is 35.5. The normalized spacial score (nSPS) is 12.7. The third kappa shape index (κ3) is 2.36. The molecule has 2 rings (SSSR count). The molecule has 2 heterocycles. The Morgan fingerprint density at radius 1 is 1.43 bits per heavy atom. The first kappa shape index (κ1) is 13.7. The fourth-order valence-electron chi connectivity index (χ4n) is 1.61. The summed E-state index contributed by atoms with van der Waals surface area (Å²) in [6, 6.07) is 1.95. The molecule has 0 unspecified atom stereocenters. The van der Waals surface area contributed by atoms with Gasteiger partial charge in [-0.05, 0) is 24.1 Å². The van der Waals surface area contributed by atoms with Crippen LogP contribution < -0.4 is 5.32 Å². The van der Waals surface area contributed by atoms with Crippen molar-refractivity contribution in [3.63, 3.8) is 0 Å². The molecule has 5 heteroatoms. The van der Waals surface area contributed by atoms with E-state index in [4.69, 9.17) is 5.11 Å². The number of aliphatic hydroxyl groups is 1. The predicted molar refractivity (Wildman–Crippen MR) is 59.9 cm³/mol. The number of pyridine rings is 1. The highest BCUT2D eigenvalue weighted by Gasteiger charge is 2.14. The lowest BCUT2D eigenvalue weighted by molar-refractivity contribution is 0.276. The van der Waals surface area contributed by atoms with Crippen molar-refractivity contribution in [2.24, 2.45) is 0 Å². The first-order valence-corrected chi connectivity index (χ1v) is 4.11. The van der Waals surface area contributed by atoms with Gasteiger partial charge >= 0.3 is 0 Å². The van der Waals surface area contributed by atoms with Crippen molar-refractivity contribution in [3.05, 3.63) is 28.6 Å². The molecule has 80 valence electrons. The van der Waals surface area contributed by atoms with Crippen LogP contribution in [0.1, 0.15) is 22.5 Å². The zero-order valence-electron chi connectivity index (χ0n) is 7.91. The maximum Gasteiger partial charge on any atom is 0.0853 e. The molecule has 0 aliphatic carbocycles. The van der Waals surface area contributed by atoms with E-state index in [9.17, 15) is 0 Å². The Hall–Kier alpha value is -0.350. The van der Waals surface area contributed by atoms with Crippen molar-refractivity contribution in [2.45, 2.75) is 26.6 Å². The lowest BCUT2D eigenvalue weighted by Gasteiger charge is -2.04. The lowest BCUT2D eigenvalue weighted by Crippen LogP contribution is -2.00. The van der Waals surface area contributed by atoms with Crippen LogP contribution in [0.15, 0.2) is 6.07 Å². The van der Waals surface area contributed by atoms with Crippen LogP contribution in [0.3, 0.4) is 0 Å². The summed E-state index contributed by atoms with van der Waals surface area (Å²) in [6.45, 7) is 3.85. The van der Waals surface area contributed by atoms with Crippen molar-refractivity contribution in [1.82, 2.24) is 10.3 Å². The standard InChI is InChI=1S/C9H12N2O.2ClH/c1-6-2-7(5-12)11-9-4-10-3-8(6)9;;/h2,10,12H,3-5H2,1H3;2*1H. The van der Waals surface area contributed by atoms with Gasteiger partial charge in [-0.1, -0.05) is 0 Å². The molecular weight excluding hydrogens is 223 g/mol. The summed E-state index contributed by atoms with van der Waals surface area (Å²) in [5.74, 6) is 0. The lowest BCUT2D eigenvalue weighted by atomic mass is 10.1. The van der Waals surface area contributed by atoms with Crippen LogP contribution in [0, 0.1) is 6.92 Å². The molecule has 0 saturated carbocycles. The summed E-state index contributed by atoms with van der Waals surface area (Å²) in [7, 11) is 0. The highest BCUT2D eigenvalue weighted by Crippen LogP contribution is 2.18. The van der Waals surface area contributed by atoms with Gasteiger partial charge in [-0.15, -0.1) is 24.8 Å². The van der Waals surface area contributed by atoms with E-state index in [1.54, 1.807) is 0 Å². The molecule has 0 amide bonds. The molecule has 0 spiro atoms. The summed E-state index contributed by atoms with van der Waals surface area (Å²) < 4.78 is 0. The number of nitrogens with one attached hydrogen (secondary N) is 1. The zero-order valence-corrected chi connectivity index (χ0v) is 9.54. The van der Waals surface area contributed by atoms with Gasteiger partial charge in [0, 0.05) is 13.1 Å². The Bertz CT molecular complexity index is 318. The van der Waals surface area contributed by atoms with E-state index in [0.717, 1.165) is 24.5 Å². The summed E-state index contributed by atoms with van der Waals surface area (Å²) >= 11 is 0. The number of hydrogen-bond donors (Lipinski definition) is 2. The second-order valence-corrected chi connectivity index (χ2v) is 3.12. The number of fused-ring (bicyclic) bond motifs is 1. The molecule has 0 aromatic carbocycles. The van der Waals surface area contributed by atoms with Crippen LogP contribution >= 0.6 is 24.8 Å². The molecular formula is C9H14Cl2N2O. The Kier molecular flexibility index (Phi) is 5.37. The van der Waals surface area contributed by atoms with E-state index in [1.165, 1.54) is 11.1 Å². The highest BCUT2D eigenvalue weighted by molar-refractivity contribution is 5.85. The molecule has 0 atom stereocenters. The maximum atomic E-state index is 8.91. The number of aryl methyl sites for hydroxylation is 1. The minimum Gasteiger partial charge on any atom is -0.390 e. The second kappa shape index (κ2) is 5.51. The van der Waals surface area contributed by atoms with Crippen LogP contribution in [0.2, 0.25) is 0 Å². The predicted octanol–water partition coefficient (Wildman–Crippen LogP) is 1.33. The summed E-state index contributed by atoms with van der Waals surface area (Å²) in [5, 5.41) is 12.1. The van der Waals surface area contributed by atoms with Crippen molar-refractivity contribution < 1.29 is 5.11 Å². The van der Waals surface area contributed by atoms with Gasteiger partial charge in [0.15, 0.2) is 0 Å². The number of hydrogen-bond acceptors (Lipinski definition) is 3. The molecule has 1 aliphatic heterocycles. The third-order valence-electron chi connectivity index (χ3n) is 2.24. The van der Waals surface area contributed by atoms with Crippen LogP contribution in [-0.4, -0.2) is 10.1 Å². The molecule has 3 nitrogen and oxygen atoms in total. The van der Waals surface area contributed by atoms with E-state index >= 15 is 0 Å². The van der Waals surface area contributed by atoms with Gasteiger partial charge in [-0.2, -0.15) is 0 Å². The van der Waals surface area contributed by atoms with Gasteiger partial charge < -0.3 is 10.4 Å². The molecule has 0 radical (unpaired) electrons. The van der Waals surface area contributed by atoms with Crippen molar-refractivity contribution in [2.75, 3.05) is 0 Å². The number of rotatable bonds is 1. The number of halogens is 2. The molecule has 14 heavy (non-hydrogen) atoms. The molecule has 0 fully saturated rings. The van der Waals surface area contributed by atoms with Crippen LogP contribution in [0.5, 0.6) is 0 Å². The fourth-order valence-corrected chi connectivity index (χ4v) is 1.61.